The van der Waals surface area contributed by atoms with Gasteiger partial charge in [0.15, 0.2) is 0 Å². The second-order valence-corrected chi connectivity index (χ2v) is 3.71. The summed E-state index contributed by atoms with van der Waals surface area (Å²) in [4.78, 5) is 0. The molecule has 0 spiro atoms. The molecule has 1 aromatic rings. The zero-order chi connectivity index (χ0) is 9.97. The first-order chi connectivity index (χ1) is 6.83. The van der Waals surface area contributed by atoms with Gasteiger partial charge >= 0.3 is 0 Å². The van der Waals surface area contributed by atoms with Gasteiger partial charge in [0.1, 0.15) is 11.9 Å². The van der Waals surface area contributed by atoms with Crippen LogP contribution < -0.4 is 10.1 Å². The monoisotopic (exact) mass is 191 g/mol. The third kappa shape index (κ3) is 1.69. The predicted molar refractivity (Wildman–Crippen MR) is 59.0 cm³/mol. The molecule has 1 aromatic carbocycles. The van der Waals surface area contributed by atoms with Crippen molar-refractivity contribution in [1.29, 1.82) is 0 Å². The van der Waals surface area contributed by atoms with Crippen LogP contribution in [-0.4, -0.2) is 12.6 Å². The Labute approximate surface area is 85.3 Å². The van der Waals surface area contributed by atoms with Gasteiger partial charge in [-0.2, -0.15) is 0 Å². The highest BCUT2D eigenvalue weighted by Crippen LogP contribution is 2.30. The van der Waals surface area contributed by atoms with Crippen LogP contribution in [0.25, 0.3) is 0 Å². The van der Waals surface area contributed by atoms with E-state index in [1.807, 2.05) is 0 Å². The molecular weight excluding hydrogens is 174 g/mol. The smallest absolute Gasteiger partial charge is 0.142 e. The molecule has 1 atom stereocenters. The van der Waals surface area contributed by atoms with Gasteiger partial charge in [-0.05, 0) is 30.5 Å². The fraction of sp³-hybridized carbons (Fsp3) is 0.500. The summed E-state index contributed by atoms with van der Waals surface area (Å²) in [6, 6.07) is 6.39. The maximum atomic E-state index is 5.82. The van der Waals surface area contributed by atoms with Crippen LogP contribution in [0, 0.1) is 0 Å². The predicted octanol–water partition coefficient (Wildman–Crippen LogP) is 2.83. The topological polar surface area (TPSA) is 21.3 Å². The quantitative estimate of drug-likeness (QED) is 0.776. The van der Waals surface area contributed by atoms with Gasteiger partial charge in [0.05, 0.1) is 12.2 Å². The van der Waals surface area contributed by atoms with E-state index in [9.17, 15) is 0 Å². The van der Waals surface area contributed by atoms with E-state index in [1.165, 1.54) is 5.56 Å². The van der Waals surface area contributed by atoms with Crippen molar-refractivity contribution in [1.82, 2.24) is 0 Å². The van der Waals surface area contributed by atoms with Crippen LogP contribution in [0.5, 0.6) is 5.75 Å². The van der Waals surface area contributed by atoms with Gasteiger partial charge in [0.2, 0.25) is 0 Å². The second kappa shape index (κ2) is 3.91. The van der Waals surface area contributed by atoms with Crippen molar-refractivity contribution in [3.63, 3.8) is 0 Å². The van der Waals surface area contributed by atoms with E-state index in [2.05, 4.69) is 37.4 Å². The van der Waals surface area contributed by atoms with Gasteiger partial charge < -0.3 is 10.1 Å². The molecule has 0 fully saturated rings. The van der Waals surface area contributed by atoms with Gasteiger partial charge in [-0.25, -0.2) is 0 Å². The van der Waals surface area contributed by atoms with Crippen LogP contribution in [-0.2, 0) is 6.42 Å². The molecule has 0 amide bonds. The van der Waals surface area contributed by atoms with E-state index < -0.39 is 0 Å². The van der Waals surface area contributed by atoms with E-state index in [0.717, 1.165) is 30.8 Å². The molecule has 2 nitrogen and oxygen atoms in total. The van der Waals surface area contributed by atoms with E-state index in [-0.39, 0.29) is 0 Å². The van der Waals surface area contributed by atoms with Gasteiger partial charge in [-0.1, -0.05) is 19.9 Å². The Morgan fingerprint density at radius 2 is 2.29 bits per heavy atom. The summed E-state index contributed by atoms with van der Waals surface area (Å²) in [7, 11) is 0. The molecule has 1 heterocycles. The summed E-state index contributed by atoms with van der Waals surface area (Å²) >= 11 is 0. The summed E-state index contributed by atoms with van der Waals surface area (Å²) in [6.07, 6.45) is 2.46. The lowest BCUT2D eigenvalue weighted by Gasteiger charge is -2.26. The molecule has 14 heavy (non-hydrogen) atoms. The molecule has 0 saturated carbocycles. The van der Waals surface area contributed by atoms with Gasteiger partial charge in [0.25, 0.3) is 0 Å². The number of aryl methyl sites for hydroxylation is 1. The molecule has 2 heteroatoms. The molecule has 0 radical (unpaired) electrons. The molecule has 0 bridgehead atoms. The van der Waals surface area contributed by atoms with Crippen LogP contribution in [0.4, 0.5) is 5.69 Å². The van der Waals surface area contributed by atoms with Gasteiger partial charge in [-0.3, -0.25) is 0 Å². The first kappa shape index (κ1) is 9.38. The lowest BCUT2D eigenvalue weighted by atomic mass is 10.1. The Bertz CT molecular complexity index is 322. The van der Waals surface area contributed by atoms with Gasteiger partial charge in [-0.15, -0.1) is 0 Å². The molecular formula is C12H17NO. The van der Waals surface area contributed by atoms with E-state index >= 15 is 0 Å². The van der Waals surface area contributed by atoms with Crippen molar-refractivity contribution in [2.45, 2.75) is 32.8 Å². The lowest BCUT2D eigenvalue weighted by molar-refractivity contribution is 0.202. The number of anilines is 1. The maximum Gasteiger partial charge on any atom is 0.142 e. The molecule has 0 aromatic heterocycles. The van der Waals surface area contributed by atoms with Crippen LogP contribution in [0.1, 0.15) is 25.8 Å². The Hall–Kier alpha value is -1.18. The number of nitrogens with one attached hydrogen (secondary N) is 1. The highest BCUT2D eigenvalue weighted by molar-refractivity contribution is 5.59. The first-order valence-corrected chi connectivity index (χ1v) is 5.37. The van der Waals surface area contributed by atoms with Crippen molar-refractivity contribution >= 4 is 5.69 Å². The Balaban J connectivity index is 2.23. The van der Waals surface area contributed by atoms with Crippen molar-refractivity contribution in [2.24, 2.45) is 0 Å². The third-order valence-corrected chi connectivity index (χ3v) is 2.72. The van der Waals surface area contributed by atoms with E-state index in [4.69, 9.17) is 4.74 Å². The highest BCUT2D eigenvalue weighted by atomic mass is 16.5. The molecule has 76 valence electrons. The van der Waals surface area contributed by atoms with E-state index in [0.29, 0.717) is 6.10 Å². The molecule has 2 rings (SSSR count). The van der Waals surface area contributed by atoms with Crippen molar-refractivity contribution in [2.75, 3.05) is 11.9 Å². The molecule has 0 saturated heterocycles. The van der Waals surface area contributed by atoms with Crippen LogP contribution in [0.15, 0.2) is 18.2 Å². The minimum absolute atomic E-state index is 0.329. The Morgan fingerprint density at radius 3 is 3.00 bits per heavy atom. The molecule has 1 aliphatic heterocycles. The summed E-state index contributed by atoms with van der Waals surface area (Å²) < 4.78 is 5.82. The number of hydrogen-bond acceptors (Lipinski definition) is 2. The SMILES string of the molecule is CCc1ccc2c(c1)NCC(CC)O2. The Kier molecular flexibility index (Phi) is 2.62. The zero-order valence-electron chi connectivity index (χ0n) is 8.84. The molecule has 0 aliphatic carbocycles. The minimum atomic E-state index is 0.329. The second-order valence-electron chi connectivity index (χ2n) is 3.71. The zero-order valence-corrected chi connectivity index (χ0v) is 8.84. The number of rotatable bonds is 2. The molecule has 1 N–H and O–H groups in total. The number of fused-ring (bicyclic) bond motifs is 1. The van der Waals surface area contributed by atoms with Crippen molar-refractivity contribution < 1.29 is 4.74 Å². The van der Waals surface area contributed by atoms with Crippen LogP contribution >= 0.6 is 0 Å². The normalized spacial score (nSPS) is 19.4. The van der Waals surface area contributed by atoms with Crippen LogP contribution in [0.3, 0.4) is 0 Å². The highest BCUT2D eigenvalue weighted by Gasteiger charge is 2.17. The third-order valence-electron chi connectivity index (χ3n) is 2.72. The fourth-order valence-electron chi connectivity index (χ4n) is 1.71. The maximum absolute atomic E-state index is 5.82. The van der Waals surface area contributed by atoms with E-state index in [1.54, 1.807) is 0 Å². The summed E-state index contributed by atoms with van der Waals surface area (Å²) in [5, 5.41) is 3.41. The van der Waals surface area contributed by atoms with Crippen molar-refractivity contribution in [3.05, 3.63) is 23.8 Å². The summed E-state index contributed by atoms with van der Waals surface area (Å²) in [5.41, 5.74) is 2.50. The number of ether oxygens (including phenoxy) is 1. The molecule has 1 unspecified atom stereocenters. The number of benzene rings is 1. The number of hydrogen-bond donors (Lipinski definition) is 1. The molecule has 1 aliphatic rings. The fourth-order valence-corrected chi connectivity index (χ4v) is 1.71. The summed E-state index contributed by atoms with van der Waals surface area (Å²) in [5.74, 6) is 1.00. The average Bonchev–Trinajstić information content (AvgIpc) is 2.27. The average molecular weight is 191 g/mol. The Morgan fingerprint density at radius 1 is 1.43 bits per heavy atom. The largest absolute Gasteiger partial charge is 0.486 e. The minimum Gasteiger partial charge on any atom is -0.486 e. The van der Waals surface area contributed by atoms with Gasteiger partial charge in [0, 0.05) is 0 Å². The standard InChI is InChI=1S/C12H17NO/c1-3-9-5-6-12-11(7-9)13-8-10(4-2)14-12/h5-7,10,13H,3-4,8H2,1-2H3. The lowest BCUT2D eigenvalue weighted by Crippen LogP contribution is -2.29. The van der Waals surface area contributed by atoms with Crippen molar-refractivity contribution in [3.8, 4) is 5.75 Å². The summed E-state index contributed by atoms with van der Waals surface area (Å²) in [6.45, 7) is 5.24. The van der Waals surface area contributed by atoms with Crippen LogP contribution in [0.2, 0.25) is 0 Å². The first-order valence-electron chi connectivity index (χ1n) is 5.37.